The van der Waals surface area contributed by atoms with Crippen molar-refractivity contribution in [3.05, 3.63) is 0 Å². The number of hydrogen-bond acceptors (Lipinski definition) is 3. The third-order valence-corrected chi connectivity index (χ3v) is 3.36. The number of carbonyl (C=O) groups is 1. The van der Waals surface area contributed by atoms with Gasteiger partial charge < -0.3 is 14.6 Å². The fourth-order valence-electron chi connectivity index (χ4n) is 2.22. The van der Waals surface area contributed by atoms with Gasteiger partial charge in [0.1, 0.15) is 6.29 Å². The third-order valence-electron chi connectivity index (χ3n) is 3.36. The Kier molecular flexibility index (Phi) is 7.43. The van der Waals surface area contributed by atoms with Crippen molar-refractivity contribution in [1.29, 1.82) is 0 Å². The van der Waals surface area contributed by atoms with Crippen LogP contribution in [0.25, 0.3) is 0 Å². The molecule has 0 amide bonds. The Morgan fingerprint density at radius 3 is 2.56 bits per heavy atom. The fourth-order valence-corrected chi connectivity index (χ4v) is 2.22. The average Bonchev–Trinajstić information content (AvgIpc) is 2.33. The van der Waals surface area contributed by atoms with E-state index in [-0.39, 0.29) is 0 Å². The molecule has 1 rings (SSSR count). The summed E-state index contributed by atoms with van der Waals surface area (Å²) in [5, 5.41) is 0. The van der Waals surface area contributed by atoms with Crippen LogP contribution in [0.2, 0.25) is 0 Å². The predicted molar refractivity (Wildman–Crippen MR) is 67.7 cm³/mol. The van der Waals surface area contributed by atoms with E-state index in [9.17, 15) is 4.79 Å². The summed E-state index contributed by atoms with van der Waals surface area (Å²) in [6, 6.07) is 0. The first-order chi connectivity index (χ1) is 7.83. The molecule has 94 valence electrons. The highest BCUT2D eigenvalue weighted by Gasteiger charge is 2.10. The minimum Gasteiger partial charge on any atom is -0.305 e. The lowest BCUT2D eigenvalue weighted by Crippen LogP contribution is -2.36. The van der Waals surface area contributed by atoms with Crippen molar-refractivity contribution in [3.8, 4) is 0 Å². The number of unbranched alkanes of at least 4 members (excludes halogenated alkanes) is 2. The molecule has 0 atom stereocenters. The molecule has 0 saturated carbocycles. The van der Waals surface area contributed by atoms with Gasteiger partial charge >= 0.3 is 0 Å². The van der Waals surface area contributed by atoms with Crippen molar-refractivity contribution in [1.82, 2.24) is 9.80 Å². The van der Waals surface area contributed by atoms with Gasteiger partial charge in [0.15, 0.2) is 0 Å². The molecule has 16 heavy (non-hydrogen) atoms. The van der Waals surface area contributed by atoms with Crippen LogP contribution in [0, 0.1) is 0 Å². The van der Waals surface area contributed by atoms with Crippen LogP contribution in [-0.4, -0.2) is 55.9 Å². The lowest BCUT2D eigenvalue weighted by Gasteiger charge is -2.28. The number of likely N-dealkylation sites (tertiary alicyclic amines) is 1. The topological polar surface area (TPSA) is 23.6 Å². The van der Waals surface area contributed by atoms with E-state index in [1.807, 2.05) is 0 Å². The molecule has 0 aromatic carbocycles. The van der Waals surface area contributed by atoms with Gasteiger partial charge in [-0.25, -0.2) is 0 Å². The van der Waals surface area contributed by atoms with Crippen LogP contribution in [0.4, 0.5) is 0 Å². The zero-order valence-corrected chi connectivity index (χ0v) is 10.7. The normalized spacial score (nSPS) is 17.9. The molecule has 0 bridgehead atoms. The summed E-state index contributed by atoms with van der Waals surface area (Å²) >= 11 is 0. The molecular formula is C13H26N2O. The van der Waals surface area contributed by atoms with E-state index in [2.05, 4.69) is 16.8 Å². The van der Waals surface area contributed by atoms with Crippen molar-refractivity contribution >= 4 is 6.29 Å². The van der Waals surface area contributed by atoms with E-state index < -0.39 is 0 Å². The summed E-state index contributed by atoms with van der Waals surface area (Å²) in [7, 11) is 2.19. The van der Waals surface area contributed by atoms with Crippen molar-refractivity contribution in [3.63, 3.8) is 0 Å². The average molecular weight is 226 g/mol. The molecule has 1 fully saturated rings. The molecular weight excluding hydrogens is 200 g/mol. The molecule has 0 aromatic heterocycles. The second-order valence-corrected chi connectivity index (χ2v) is 4.87. The SMILES string of the molecule is CN(CCCCC=O)CCN1CCCCC1. The summed E-state index contributed by atoms with van der Waals surface area (Å²) in [5.74, 6) is 0. The lowest BCUT2D eigenvalue weighted by molar-refractivity contribution is -0.107. The number of aldehydes is 1. The Bertz CT molecular complexity index is 179. The van der Waals surface area contributed by atoms with Gasteiger partial charge in [0.25, 0.3) is 0 Å². The van der Waals surface area contributed by atoms with E-state index in [0.717, 1.165) is 32.1 Å². The molecule has 0 N–H and O–H groups in total. The maximum Gasteiger partial charge on any atom is 0.119 e. The van der Waals surface area contributed by atoms with E-state index in [1.165, 1.54) is 45.4 Å². The summed E-state index contributed by atoms with van der Waals surface area (Å²) < 4.78 is 0. The van der Waals surface area contributed by atoms with E-state index >= 15 is 0 Å². The Balaban J connectivity index is 1.96. The van der Waals surface area contributed by atoms with Crippen molar-refractivity contribution in [2.45, 2.75) is 38.5 Å². The summed E-state index contributed by atoms with van der Waals surface area (Å²) in [5.41, 5.74) is 0. The van der Waals surface area contributed by atoms with Crippen LogP contribution >= 0.6 is 0 Å². The molecule has 0 radical (unpaired) electrons. The molecule has 1 aliphatic rings. The molecule has 1 saturated heterocycles. The second-order valence-electron chi connectivity index (χ2n) is 4.87. The number of rotatable bonds is 8. The molecule has 3 nitrogen and oxygen atoms in total. The molecule has 0 unspecified atom stereocenters. The van der Waals surface area contributed by atoms with E-state index in [0.29, 0.717) is 0 Å². The van der Waals surface area contributed by atoms with Gasteiger partial charge in [-0.2, -0.15) is 0 Å². The first-order valence-electron chi connectivity index (χ1n) is 6.67. The minimum absolute atomic E-state index is 0.722. The number of likely N-dealkylation sites (N-methyl/N-ethyl adjacent to an activating group) is 1. The minimum atomic E-state index is 0.722. The summed E-state index contributed by atoms with van der Waals surface area (Å²) in [6.07, 6.45) is 8.10. The van der Waals surface area contributed by atoms with Crippen LogP contribution in [0.5, 0.6) is 0 Å². The van der Waals surface area contributed by atoms with Gasteiger partial charge in [0, 0.05) is 19.5 Å². The predicted octanol–water partition coefficient (Wildman–Crippen LogP) is 1.77. The van der Waals surface area contributed by atoms with Crippen LogP contribution in [0.1, 0.15) is 38.5 Å². The van der Waals surface area contributed by atoms with Crippen LogP contribution in [0.15, 0.2) is 0 Å². The highest BCUT2D eigenvalue weighted by molar-refractivity contribution is 5.48. The number of nitrogens with zero attached hydrogens (tertiary/aromatic N) is 2. The van der Waals surface area contributed by atoms with Gasteiger partial charge in [0.05, 0.1) is 0 Å². The highest BCUT2D eigenvalue weighted by atomic mass is 16.1. The van der Waals surface area contributed by atoms with Gasteiger partial charge in [-0.15, -0.1) is 0 Å². The molecule has 0 aromatic rings. The van der Waals surface area contributed by atoms with E-state index in [4.69, 9.17) is 0 Å². The lowest BCUT2D eigenvalue weighted by atomic mass is 10.1. The molecule has 3 heteroatoms. The van der Waals surface area contributed by atoms with Crippen molar-refractivity contribution in [2.24, 2.45) is 0 Å². The van der Waals surface area contributed by atoms with Gasteiger partial charge in [-0.05, 0) is 52.4 Å². The van der Waals surface area contributed by atoms with Crippen LogP contribution in [0.3, 0.4) is 0 Å². The van der Waals surface area contributed by atoms with Crippen LogP contribution in [-0.2, 0) is 4.79 Å². The smallest absolute Gasteiger partial charge is 0.119 e. The van der Waals surface area contributed by atoms with E-state index in [1.54, 1.807) is 0 Å². The molecule has 1 aliphatic heterocycles. The first kappa shape index (κ1) is 13.7. The standard InChI is InChI=1S/C13H26N2O/c1-14(8-4-3-7-13-16)11-12-15-9-5-2-6-10-15/h13H,2-12H2,1H3. The van der Waals surface area contributed by atoms with Gasteiger partial charge in [-0.1, -0.05) is 6.42 Å². The number of piperidine rings is 1. The number of hydrogen-bond donors (Lipinski definition) is 0. The molecule has 0 aliphatic carbocycles. The third kappa shape index (κ3) is 6.23. The Hall–Kier alpha value is -0.410. The van der Waals surface area contributed by atoms with Crippen LogP contribution < -0.4 is 0 Å². The fraction of sp³-hybridized carbons (Fsp3) is 0.923. The highest BCUT2D eigenvalue weighted by Crippen LogP contribution is 2.08. The quantitative estimate of drug-likeness (QED) is 0.465. The summed E-state index contributed by atoms with van der Waals surface area (Å²) in [4.78, 5) is 15.1. The van der Waals surface area contributed by atoms with Crippen molar-refractivity contribution in [2.75, 3.05) is 39.8 Å². The Morgan fingerprint density at radius 1 is 1.12 bits per heavy atom. The number of carbonyl (C=O) groups excluding carboxylic acids is 1. The first-order valence-corrected chi connectivity index (χ1v) is 6.67. The summed E-state index contributed by atoms with van der Waals surface area (Å²) in [6.45, 7) is 6.09. The monoisotopic (exact) mass is 226 g/mol. The largest absolute Gasteiger partial charge is 0.305 e. The Morgan fingerprint density at radius 2 is 1.88 bits per heavy atom. The molecule has 0 spiro atoms. The van der Waals surface area contributed by atoms with Gasteiger partial charge in [-0.3, -0.25) is 0 Å². The maximum absolute atomic E-state index is 10.2. The zero-order valence-electron chi connectivity index (χ0n) is 10.7. The van der Waals surface area contributed by atoms with Crippen molar-refractivity contribution < 1.29 is 4.79 Å². The maximum atomic E-state index is 10.2. The van der Waals surface area contributed by atoms with Gasteiger partial charge in [0.2, 0.25) is 0 Å². The second kappa shape index (κ2) is 8.71. The molecule has 1 heterocycles. The Labute approximate surface area is 99.8 Å². The zero-order chi connectivity index (χ0) is 11.6.